The van der Waals surface area contributed by atoms with Crippen molar-refractivity contribution in [2.75, 3.05) is 33.8 Å². The van der Waals surface area contributed by atoms with Crippen molar-refractivity contribution in [2.45, 2.75) is 19.4 Å². The summed E-state index contributed by atoms with van der Waals surface area (Å²) < 4.78 is 11.1. The second kappa shape index (κ2) is 8.96. The molecule has 0 bridgehead atoms. The molecule has 7 heteroatoms. The Morgan fingerprint density at radius 2 is 2.03 bits per heavy atom. The number of likely N-dealkylation sites (tertiary alicyclic amines) is 1. The van der Waals surface area contributed by atoms with E-state index in [2.05, 4.69) is 0 Å². The molecular weight excluding hydrogens is 372 g/mol. The van der Waals surface area contributed by atoms with Crippen molar-refractivity contribution in [1.82, 2.24) is 4.90 Å². The van der Waals surface area contributed by atoms with E-state index in [4.69, 9.17) is 9.15 Å². The number of ether oxygens (including phenoxy) is 1. The van der Waals surface area contributed by atoms with Crippen molar-refractivity contribution < 1.29 is 28.7 Å². The van der Waals surface area contributed by atoms with Crippen LogP contribution in [0.25, 0.3) is 5.76 Å². The van der Waals surface area contributed by atoms with Gasteiger partial charge in [-0.1, -0.05) is 19.1 Å². The third-order valence-corrected chi connectivity index (χ3v) is 4.79. The normalized spacial score (nSPS) is 18.6. The van der Waals surface area contributed by atoms with Crippen molar-refractivity contribution in [2.24, 2.45) is 0 Å². The number of rotatable bonds is 8. The lowest BCUT2D eigenvalue weighted by atomic mass is 9.99. The van der Waals surface area contributed by atoms with Gasteiger partial charge < -0.3 is 24.1 Å². The summed E-state index contributed by atoms with van der Waals surface area (Å²) >= 11 is 0. The number of amides is 1. The van der Waals surface area contributed by atoms with E-state index < -0.39 is 17.7 Å². The molecule has 0 unspecified atom stereocenters. The number of furan rings is 1. The standard InChI is InChI=1S/C22H26N2O5/c1-4-12-28-16-8-5-7-15(14-16)20(25)18-19(17-9-6-13-29-17)24(11-10-23(2)3)22(27)21(18)26/h5-9,13-14,19,25H,4,10-12H2,1-3H3/p+1/t19-/m0/s1. The zero-order chi connectivity index (χ0) is 21.0. The SMILES string of the molecule is CCCOc1cccc(C(O)=C2C(=O)C(=O)N(CC[NH+](C)C)[C@H]2c2ccco2)c1. The van der Waals surface area contributed by atoms with E-state index in [0.29, 0.717) is 36.8 Å². The van der Waals surface area contributed by atoms with E-state index in [-0.39, 0.29) is 11.3 Å². The van der Waals surface area contributed by atoms with E-state index in [1.54, 1.807) is 36.4 Å². The highest BCUT2D eigenvalue weighted by atomic mass is 16.5. The van der Waals surface area contributed by atoms with Gasteiger partial charge in [0.25, 0.3) is 11.7 Å². The minimum absolute atomic E-state index is 0.0337. The first-order valence-corrected chi connectivity index (χ1v) is 9.78. The maximum absolute atomic E-state index is 12.8. The maximum Gasteiger partial charge on any atom is 0.295 e. The van der Waals surface area contributed by atoms with Gasteiger partial charge in [0.2, 0.25) is 0 Å². The molecule has 1 fully saturated rings. The zero-order valence-corrected chi connectivity index (χ0v) is 17.0. The summed E-state index contributed by atoms with van der Waals surface area (Å²) in [5.74, 6) is -0.537. The number of nitrogens with one attached hydrogen (secondary N) is 1. The Morgan fingerprint density at radius 1 is 1.24 bits per heavy atom. The number of aliphatic hydroxyl groups excluding tert-OH is 1. The van der Waals surface area contributed by atoms with Crippen LogP contribution in [-0.4, -0.2) is 55.5 Å². The topological polar surface area (TPSA) is 84.4 Å². The van der Waals surface area contributed by atoms with E-state index >= 15 is 0 Å². The average Bonchev–Trinajstić information content (AvgIpc) is 3.32. The smallest absolute Gasteiger partial charge is 0.295 e. The molecule has 0 saturated carbocycles. The number of likely N-dealkylation sites (N-methyl/N-ethyl adjacent to an activating group) is 1. The Hall–Kier alpha value is -3.06. The number of quaternary nitrogens is 1. The van der Waals surface area contributed by atoms with Crippen molar-refractivity contribution in [3.8, 4) is 5.75 Å². The number of hydrogen-bond acceptors (Lipinski definition) is 5. The van der Waals surface area contributed by atoms with Crippen molar-refractivity contribution in [3.05, 3.63) is 59.6 Å². The highest BCUT2D eigenvalue weighted by Gasteiger charge is 2.47. The minimum atomic E-state index is -0.760. The van der Waals surface area contributed by atoms with Crippen molar-refractivity contribution >= 4 is 17.4 Å². The molecule has 0 spiro atoms. The van der Waals surface area contributed by atoms with Gasteiger partial charge in [-0.2, -0.15) is 0 Å². The molecule has 2 aromatic rings. The number of hydrogen-bond donors (Lipinski definition) is 2. The lowest BCUT2D eigenvalue weighted by Crippen LogP contribution is -3.06. The van der Waals surface area contributed by atoms with E-state index in [0.717, 1.165) is 11.3 Å². The van der Waals surface area contributed by atoms with Crippen LogP contribution in [0.3, 0.4) is 0 Å². The predicted octanol–water partition coefficient (Wildman–Crippen LogP) is 1.63. The monoisotopic (exact) mass is 399 g/mol. The van der Waals surface area contributed by atoms with Gasteiger partial charge in [0, 0.05) is 5.56 Å². The summed E-state index contributed by atoms with van der Waals surface area (Å²) in [7, 11) is 3.95. The van der Waals surface area contributed by atoms with E-state index in [1.165, 1.54) is 11.2 Å². The molecule has 2 N–H and O–H groups in total. The van der Waals surface area contributed by atoms with Gasteiger partial charge in [0.15, 0.2) is 0 Å². The van der Waals surface area contributed by atoms with E-state index in [1.807, 2.05) is 21.0 Å². The number of aliphatic hydroxyl groups is 1. The molecule has 1 amide bonds. The van der Waals surface area contributed by atoms with E-state index in [9.17, 15) is 14.7 Å². The van der Waals surface area contributed by atoms with Crippen molar-refractivity contribution in [3.63, 3.8) is 0 Å². The van der Waals surface area contributed by atoms with Crippen molar-refractivity contribution in [1.29, 1.82) is 0 Å². The highest BCUT2D eigenvalue weighted by Crippen LogP contribution is 2.39. The molecule has 1 aliphatic heterocycles. The Morgan fingerprint density at radius 3 is 2.69 bits per heavy atom. The zero-order valence-electron chi connectivity index (χ0n) is 17.0. The maximum atomic E-state index is 12.8. The van der Waals surface area contributed by atoms with Crippen LogP contribution in [0.15, 0.2) is 52.7 Å². The lowest BCUT2D eigenvalue weighted by molar-refractivity contribution is -0.857. The average molecular weight is 399 g/mol. The summed E-state index contributed by atoms with van der Waals surface area (Å²) in [5.41, 5.74) is 0.456. The first-order chi connectivity index (χ1) is 13.9. The summed E-state index contributed by atoms with van der Waals surface area (Å²) in [5, 5.41) is 11.0. The molecule has 1 aromatic carbocycles. The van der Waals surface area contributed by atoms with Gasteiger partial charge in [-0.05, 0) is 30.7 Å². The highest BCUT2D eigenvalue weighted by molar-refractivity contribution is 6.46. The molecule has 154 valence electrons. The second-order valence-electron chi connectivity index (χ2n) is 7.34. The number of Topliss-reactive ketones (excluding diaryl/α,β-unsaturated/α-hetero) is 1. The summed E-state index contributed by atoms with van der Waals surface area (Å²) in [4.78, 5) is 28.2. The number of ketones is 1. The van der Waals surface area contributed by atoms with Crippen LogP contribution in [0, 0.1) is 0 Å². The van der Waals surface area contributed by atoms with Crippen LogP contribution < -0.4 is 9.64 Å². The van der Waals surface area contributed by atoms with Gasteiger partial charge in [0.05, 0.1) is 45.6 Å². The summed E-state index contributed by atoms with van der Waals surface area (Å²) in [6.07, 6.45) is 2.35. The minimum Gasteiger partial charge on any atom is -0.507 e. The van der Waals surface area contributed by atoms with Crippen LogP contribution >= 0.6 is 0 Å². The van der Waals surface area contributed by atoms with Crippen LogP contribution in [0.4, 0.5) is 0 Å². The Bertz CT molecular complexity index is 902. The molecule has 2 heterocycles. The Kier molecular flexibility index (Phi) is 6.39. The Labute approximate surface area is 170 Å². The molecule has 0 radical (unpaired) electrons. The van der Waals surface area contributed by atoms with Crippen LogP contribution in [0.5, 0.6) is 5.75 Å². The molecule has 29 heavy (non-hydrogen) atoms. The van der Waals surface area contributed by atoms with Gasteiger partial charge in [-0.3, -0.25) is 9.59 Å². The quantitative estimate of drug-likeness (QED) is 0.401. The van der Waals surface area contributed by atoms with Crippen LogP contribution in [0.1, 0.15) is 30.7 Å². The second-order valence-corrected chi connectivity index (χ2v) is 7.34. The molecule has 1 aliphatic rings. The fourth-order valence-corrected chi connectivity index (χ4v) is 3.31. The number of nitrogens with zero attached hydrogens (tertiary/aromatic N) is 1. The number of benzene rings is 1. The fourth-order valence-electron chi connectivity index (χ4n) is 3.31. The molecule has 1 aromatic heterocycles. The fraction of sp³-hybridized carbons (Fsp3) is 0.364. The number of carbonyl (C=O) groups is 2. The first kappa shape index (κ1) is 20.7. The largest absolute Gasteiger partial charge is 0.507 e. The molecular formula is C22H27N2O5+. The molecule has 1 atom stereocenters. The summed E-state index contributed by atoms with van der Waals surface area (Å²) in [6.45, 7) is 3.58. The van der Waals surface area contributed by atoms with Gasteiger partial charge in [-0.15, -0.1) is 0 Å². The Balaban J connectivity index is 2.04. The number of carbonyl (C=O) groups excluding carboxylic acids is 2. The van der Waals surface area contributed by atoms with Gasteiger partial charge in [0.1, 0.15) is 23.3 Å². The van der Waals surface area contributed by atoms with Crippen LogP contribution in [0.2, 0.25) is 0 Å². The molecule has 0 aliphatic carbocycles. The molecule has 1 saturated heterocycles. The molecule has 7 nitrogen and oxygen atoms in total. The van der Waals surface area contributed by atoms with Gasteiger partial charge >= 0.3 is 0 Å². The van der Waals surface area contributed by atoms with Crippen LogP contribution in [-0.2, 0) is 9.59 Å². The molecule has 3 rings (SSSR count). The van der Waals surface area contributed by atoms with Gasteiger partial charge in [-0.25, -0.2) is 0 Å². The third-order valence-electron chi connectivity index (χ3n) is 4.79. The summed E-state index contributed by atoms with van der Waals surface area (Å²) in [6, 6.07) is 9.53. The predicted molar refractivity (Wildman–Crippen MR) is 108 cm³/mol. The first-order valence-electron chi connectivity index (χ1n) is 9.78. The third kappa shape index (κ3) is 4.35. The lowest BCUT2D eigenvalue weighted by Gasteiger charge is -2.23.